The molecule has 9 nitrogen and oxygen atoms in total. The summed E-state index contributed by atoms with van der Waals surface area (Å²) in [5.41, 5.74) is 1.42. The Morgan fingerprint density at radius 3 is 2.70 bits per heavy atom. The van der Waals surface area contributed by atoms with Crippen molar-refractivity contribution in [3.05, 3.63) is 23.8 Å². The number of carbonyl (C=O) groups excluding carboxylic acids is 2. The van der Waals surface area contributed by atoms with Gasteiger partial charge >= 0.3 is 0 Å². The number of fused-ring (bicyclic) bond motifs is 1. The Bertz CT molecular complexity index is 918. The molecule has 2 amide bonds. The van der Waals surface area contributed by atoms with Gasteiger partial charge in [-0.05, 0) is 50.9 Å². The normalized spacial score (nSPS) is 24.0. The number of rotatable bonds is 10. The molecule has 2 heterocycles. The zero-order chi connectivity index (χ0) is 26.4. The summed E-state index contributed by atoms with van der Waals surface area (Å²) in [4.78, 5) is 32.4. The van der Waals surface area contributed by atoms with Crippen molar-refractivity contribution in [3.8, 4) is 5.75 Å². The number of nitrogens with zero attached hydrogens (tertiary/aromatic N) is 3. The molecule has 1 saturated heterocycles. The number of hydrogen-bond acceptors (Lipinski definition) is 7. The van der Waals surface area contributed by atoms with Gasteiger partial charge in [-0.1, -0.05) is 6.92 Å². The maximum Gasteiger partial charge on any atom is 0.227 e. The molecule has 2 N–H and O–H groups in total. The summed E-state index contributed by atoms with van der Waals surface area (Å²) in [6, 6.07) is 5.33. The second-order valence-electron chi connectivity index (χ2n) is 11.1. The van der Waals surface area contributed by atoms with Gasteiger partial charge in [-0.25, -0.2) is 0 Å². The molecule has 0 spiro atoms. The second-order valence-corrected chi connectivity index (χ2v) is 11.1. The molecule has 0 bridgehead atoms. The predicted molar refractivity (Wildman–Crippen MR) is 143 cm³/mol. The Hall–Kier alpha value is -2.20. The Morgan fingerprint density at radius 1 is 1.24 bits per heavy atom. The number of nitrogens with one attached hydrogen (secondary N) is 1. The van der Waals surface area contributed by atoms with E-state index in [1.165, 1.54) is 12.8 Å². The number of hydrogen-bond donors (Lipinski definition) is 2. The molecule has 1 aromatic rings. The number of benzene rings is 1. The molecular weight excluding hydrogens is 472 g/mol. The first-order valence-electron chi connectivity index (χ1n) is 13.8. The molecule has 0 unspecified atom stereocenters. The molecule has 206 valence electrons. The molecule has 0 aromatic heterocycles. The van der Waals surface area contributed by atoms with Crippen LogP contribution in [0.2, 0.25) is 0 Å². The summed E-state index contributed by atoms with van der Waals surface area (Å²) < 4.78 is 12.0. The van der Waals surface area contributed by atoms with E-state index in [4.69, 9.17) is 9.47 Å². The first kappa shape index (κ1) is 27.8. The minimum atomic E-state index is -0.274. The predicted octanol–water partition coefficient (Wildman–Crippen LogP) is 1.84. The molecule has 4 rings (SSSR count). The van der Waals surface area contributed by atoms with E-state index in [1.807, 2.05) is 25.1 Å². The Labute approximate surface area is 221 Å². The third kappa shape index (κ3) is 8.14. The summed E-state index contributed by atoms with van der Waals surface area (Å²) in [5, 5.41) is 12.8. The van der Waals surface area contributed by atoms with Crippen LogP contribution in [0, 0.1) is 11.8 Å². The number of aliphatic hydroxyl groups excluding tert-OH is 1. The minimum absolute atomic E-state index is 0.0407. The zero-order valence-corrected chi connectivity index (χ0v) is 22.7. The van der Waals surface area contributed by atoms with Gasteiger partial charge < -0.3 is 29.7 Å². The van der Waals surface area contributed by atoms with E-state index in [0.717, 1.165) is 37.7 Å². The molecule has 2 fully saturated rings. The van der Waals surface area contributed by atoms with E-state index < -0.39 is 0 Å². The van der Waals surface area contributed by atoms with Crippen LogP contribution in [0.1, 0.15) is 38.7 Å². The topological polar surface area (TPSA) is 94.6 Å². The van der Waals surface area contributed by atoms with Crippen LogP contribution in [0.5, 0.6) is 5.75 Å². The van der Waals surface area contributed by atoms with Crippen molar-refractivity contribution in [2.75, 3.05) is 71.5 Å². The van der Waals surface area contributed by atoms with Crippen LogP contribution in [0.3, 0.4) is 0 Å². The molecule has 37 heavy (non-hydrogen) atoms. The van der Waals surface area contributed by atoms with Crippen molar-refractivity contribution >= 4 is 17.5 Å². The molecule has 1 aliphatic carbocycles. The molecular formula is C28H44N4O5. The highest BCUT2D eigenvalue weighted by Gasteiger charge is 2.32. The van der Waals surface area contributed by atoms with Gasteiger partial charge in [0, 0.05) is 62.9 Å². The number of aliphatic hydroxyl groups is 1. The van der Waals surface area contributed by atoms with Gasteiger partial charge in [-0.15, -0.1) is 0 Å². The Kier molecular flexibility index (Phi) is 9.81. The average Bonchev–Trinajstić information content (AvgIpc) is 3.70. The maximum atomic E-state index is 13.4. The fourth-order valence-electron chi connectivity index (χ4n) is 5.16. The number of anilines is 1. The van der Waals surface area contributed by atoms with Gasteiger partial charge in [0.25, 0.3) is 0 Å². The maximum absolute atomic E-state index is 13.4. The van der Waals surface area contributed by atoms with Crippen molar-refractivity contribution in [1.82, 2.24) is 14.7 Å². The van der Waals surface area contributed by atoms with Crippen LogP contribution in [-0.2, 0) is 20.7 Å². The van der Waals surface area contributed by atoms with E-state index in [1.54, 1.807) is 4.90 Å². The van der Waals surface area contributed by atoms with Gasteiger partial charge in [-0.3, -0.25) is 14.5 Å². The molecule has 2 aliphatic heterocycles. The molecule has 3 atom stereocenters. The van der Waals surface area contributed by atoms with Crippen LogP contribution in [0.25, 0.3) is 0 Å². The average molecular weight is 517 g/mol. The number of likely N-dealkylation sites (N-methyl/N-ethyl adjacent to an activating group) is 1. The Morgan fingerprint density at radius 2 is 2.00 bits per heavy atom. The minimum Gasteiger partial charge on any atom is -0.488 e. The molecule has 1 saturated carbocycles. The van der Waals surface area contributed by atoms with Crippen LogP contribution >= 0.6 is 0 Å². The van der Waals surface area contributed by atoms with Gasteiger partial charge in [-0.2, -0.15) is 0 Å². The zero-order valence-electron chi connectivity index (χ0n) is 22.7. The van der Waals surface area contributed by atoms with E-state index in [9.17, 15) is 14.7 Å². The van der Waals surface area contributed by atoms with Crippen molar-refractivity contribution in [2.45, 2.75) is 51.7 Å². The SMILES string of the molecule is C[C@H]1CN([C@@H](C)CO)C(=O)Cc2cc(NC(=O)CCN3CCOCC3)ccc2O[C@@H]1CN(C)CC1CC1. The monoisotopic (exact) mass is 516 g/mol. The lowest BCUT2D eigenvalue weighted by Crippen LogP contribution is -2.47. The van der Waals surface area contributed by atoms with E-state index in [-0.39, 0.29) is 42.9 Å². The van der Waals surface area contributed by atoms with Gasteiger partial charge in [0.15, 0.2) is 0 Å². The highest BCUT2D eigenvalue weighted by Crippen LogP contribution is 2.31. The summed E-state index contributed by atoms with van der Waals surface area (Å²) in [7, 11) is 2.14. The van der Waals surface area contributed by atoms with E-state index >= 15 is 0 Å². The molecule has 9 heteroatoms. The number of amides is 2. The quantitative estimate of drug-likeness (QED) is 0.490. The third-order valence-corrected chi connectivity index (χ3v) is 7.72. The number of morpholine rings is 1. The van der Waals surface area contributed by atoms with Crippen molar-refractivity contribution in [1.29, 1.82) is 0 Å². The van der Waals surface area contributed by atoms with Gasteiger partial charge in [0.2, 0.25) is 11.8 Å². The Balaban J connectivity index is 1.48. The summed E-state index contributed by atoms with van der Waals surface area (Å²) in [6.45, 7) is 10.1. The van der Waals surface area contributed by atoms with Crippen LogP contribution in [-0.4, -0.2) is 110 Å². The fourth-order valence-corrected chi connectivity index (χ4v) is 5.16. The summed E-state index contributed by atoms with van der Waals surface area (Å²) in [5.74, 6) is 1.47. The first-order chi connectivity index (χ1) is 17.8. The van der Waals surface area contributed by atoms with Crippen molar-refractivity contribution in [2.24, 2.45) is 11.8 Å². The van der Waals surface area contributed by atoms with E-state index in [0.29, 0.717) is 44.2 Å². The van der Waals surface area contributed by atoms with Gasteiger partial charge in [0.1, 0.15) is 11.9 Å². The standard InChI is InChI=1S/C28H44N4O5/c1-20-16-32(21(2)19-33)28(35)15-23-14-24(29-27(34)8-9-31-10-12-36-13-11-31)6-7-25(23)37-26(20)18-30(3)17-22-4-5-22/h6-7,14,20-22,26,33H,4-5,8-13,15-19H2,1-3H3,(H,29,34)/t20-,21-,26+/m0/s1. The largest absolute Gasteiger partial charge is 0.488 e. The van der Waals surface area contributed by atoms with Gasteiger partial charge in [0.05, 0.1) is 32.3 Å². The lowest BCUT2D eigenvalue weighted by atomic mass is 10.0. The lowest BCUT2D eigenvalue weighted by molar-refractivity contribution is -0.134. The highest BCUT2D eigenvalue weighted by atomic mass is 16.5. The molecule has 0 radical (unpaired) electrons. The summed E-state index contributed by atoms with van der Waals surface area (Å²) in [6.07, 6.45) is 3.06. The first-order valence-corrected chi connectivity index (χ1v) is 13.8. The van der Waals surface area contributed by atoms with E-state index in [2.05, 4.69) is 29.1 Å². The van der Waals surface area contributed by atoms with Crippen LogP contribution in [0.15, 0.2) is 18.2 Å². The molecule has 1 aromatic carbocycles. The second kappa shape index (κ2) is 13.0. The lowest BCUT2D eigenvalue weighted by Gasteiger charge is -2.34. The third-order valence-electron chi connectivity index (χ3n) is 7.72. The smallest absolute Gasteiger partial charge is 0.227 e. The van der Waals surface area contributed by atoms with Crippen molar-refractivity contribution < 1.29 is 24.2 Å². The molecule has 3 aliphatic rings. The fraction of sp³-hybridized carbons (Fsp3) is 0.714. The number of carbonyl (C=O) groups is 2. The highest BCUT2D eigenvalue weighted by molar-refractivity contribution is 5.91. The number of ether oxygens (including phenoxy) is 2. The van der Waals surface area contributed by atoms with Crippen LogP contribution in [0.4, 0.5) is 5.69 Å². The summed E-state index contributed by atoms with van der Waals surface area (Å²) >= 11 is 0. The van der Waals surface area contributed by atoms with Crippen LogP contribution < -0.4 is 10.1 Å². The van der Waals surface area contributed by atoms with Crippen molar-refractivity contribution in [3.63, 3.8) is 0 Å².